The Morgan fingerprint density at radius 1 is 1.06 bits per heavy atom. The lowest BCUT2D eigenvalue weighted by atomic mass is 9.87. The first-order valence-electron chi connectivity index (χ1n) is 5.01. The molecule has 0 atom stereocenters. The van der Waals surface area contributed by atoms with Gasteiger partial charge in [-0.2, -0.15) is 10.2 Å². The van der Waals surface area contributed by atoms with Crippen molar-refractivity contribution in [1.82, 2.24) is 20.4 Å². The molecular formula is C9H17BN4O2. The van der Waals surface area contributed by atoms with Crippen LogP contribution in [-0.4, -0.2) is 37.6 Å². The van der Waals surface area contributed by atoms with E-state index in [1.807, 2.05) is 26.8 Å². The number of aromatic nitrogens is 4. The number of hydrogen-bond acceptors (Lipinski definition) is 4. The van der Waals surface area contributed by atoms with Crippen LogP contribution in [0.25, 0.3) is 0 Å². The lowest BCUT2D eigenvalue weighted by Gasteiger charge is -1.87. The van der Waals surface area contributed by atoms with Crippen LogP contribution in [0, 0.1) is 6.92 Å². The SMILES string of the molecule is CC.Cc1ccn[nH]1.OB(O)c1ccn[nH]1. The van der Waals surface area contributed by atoms with E-state index in [1.54, 1.807) is 6.20 Å². The van der Waals surface area contributed by atoms with Crippen LogP contribution in [0.2, 0.25) is 0 Å². The van der Waals surface area contributed by atoms with Gasteiger partial charge in [0, 0.05) is 18.1 Å². The van der Waals surface area contributed by atoms with Crippen molar-refractivity contribution in [2.24, 2.45) is 0 Å². The molecule has 0 aliphatic carbocycles. The van der Waals surface area contributed by atoms with Gasteiger partial charge in [-0.25, -0.2) is 0 Å². The normalized spacial score (nSPS) is 8.31. The fraction of sp³-hybridized carbons (Fsp3) is 0.333. The molecule has 0 amide bonds. The van der Waals surface area contributed by atoms with Crippen molar-refractivity contribution in [2.45, 2.75) is 20.8 Å². The summed E-state index contributed by atoms with van der Waals surface area (Å²) in [5.41, 5.74) is 1.42. The standard InChI is InChI=1S/C4H6N2.C3H5BN2O2.C2H6/c1-4-2-3-5-6-4;7-4(8)3-1-2-5-6-3;1-2/h2-3H,1H3,(H,5,6);1-2,7-8H,(H,5,6);1-2H3. The van der Waals surface area contributed by atoms with Gasteiger partial charge in [-0.1, -0.05) is 13.8 Å². The maximum absolute atomic E-state index is 8.40. The molecule has 0 fully saturated rings. The first kappa shape index (κ1) is 14.4. The number of aryl methyl sites for hydroxylation is 1. The first-order chi connectivity index (χ1) is 7.70. The smallest absolute Gasteiger partial charge is 0.422 e. The lowest BCUT2D eigenvalue weighted by molar-refractivity contribution is 0.424. The molecule has 2 aromatic rings. The van der Waals surface area contributed by atoms with Crippen molar-refractivity contribution < 1.29 is 10.0 Å². The zero-order chi connectivity index (χ0) is 12.4. The van der Waals surface area contributed by atoms with Crippen LogP contribution in [0.4, 0.5) is 0 Å². The number of nitrogens with one attached hydrogen (secondary N) is 2. The second kappa shape index (κ2) is 8.69. The first-order valence-corrected chi connectivity index (χ1v) is 5.01. The molecule has 7 heteroatoms. The average molecular weight is 224 g/mol. The van der Waals surface area contributed by atoms with Crippen LogP contribution in [-0.2, 0) is 0 Å². The monoisotopic (exact) mass is 224 g/mol. The van der Waals surface area contributed by atoms with E-state index in [-0.39, 0.29) is 0 Å². The topological polar surface area (TPSA) is 97.8 Å². The predicted molar refractivity (Wildman–Crippen MR) is 63.1 cm³/mol. The second-order valence-corrected chi connectivity index (χ2v) is 2.63. The van der Waals surface area contributed by atoms with E-state index in [0.717, 1.165) is 5.69 Å². The summed E-state index contributed by atoms with van der Waals surface area (Å²) in [6.45, 7) is 5.97. The summed E-state index contributed by atoms with van der Waals surface area (Å²) in [7, 11) is -1.43. The van der Waals surface area contributed by atoms with Crippen LogP contribution in [0.15, 0.2) is 24.5 Å². The molecule has 2 rings (SSSR count). The maximum Gasteiger partial charge on any atom is 0.507 e. The number of H-pyrrole nitrogens is 2. The molecule has 0 spiro atoms. The van der Waals surface area contributed by atoms with E-state index in [1.165, 1.54) is 12.3 Å². The molecule has 0 saturated carbocycles. The summed E-state index contributed by atoms with van der Waals surface area (Å²) in [6.07, 6.45) is 3.18. The molecule has 16 heavy (non-hydrogen) atoms. The van der Waals surface area contributed by atoms with Crippen molar-refractivity contribution in [3.8, 4) is 0 Å². The van der Waals surface area contributed by atoms with Gasteiger partial charge < -0.3 is 10.0 Å². The number of rotatable bonds is 1. The third-order valence-corrected chi connectivity index (χ3v) is 1.44. The molecule has 0 unspecified atom stereocenters. The van der Waals surface area contributed by atoms with Crippen molar-refractivity contribution in [1.29, 1.82) is 0 Å². The van der Waals surface area contributed by atoms with Gasteiger partial charge in [-0.3, -0.25) is 10.2 Å². The van der Waals surface area contributed by atoms with Crippen LogP contribution in [0.1, 0.15) is 19.5 Å². The Labute approximate surface area is 94.9 Å². The molecule has 0 radical (unpaired) electrons. The van der Waals surface area contributed by atoms with E-state index in [2.05, 4.69) is 20.4 Å². The fourth-order valence-electron chi connectivity index (χ4n) is 0.736. The minimum absolute atomic E-state index is 0.310. The van der Waals surface area contributed by atoms with Crippen LogP contribution in [0.3, 0.4) is 0 Å². The van der Waals surface area contributed by atoms with Gasteiger partial charge in [-0.15, -0.1) is 0 Å². The molecular weight excluding hydrogens is 207 g/mol. The zero-order valence-corrected chi connectivity index (χ0v) is 9.68. The molecule has 6 nitrogen and oxygen atoms in total. The Morgan fingerprint density at radius 3 is 1.81 bits per heavy atom. The van der Waals surface area contributed by atoms with Crippen molar-refractivity contribution in [2.75, 3.05) is 0 Å². The van der Waals surface area contributed by atoms with E-state index < -0.39 is 7.12 Å². The van der Waals surface area contributed by atoms with E-state index in [0.29, 0.717) is 5.59 Å². The number of aromatic amines is 2. The van der Waals surface area contributed by atoms with Crippen molar-refractivity contribution in [3.63, 3.8) is 0 Å². The maximum atomic E-state index is 8.40. The third kappa shape index (κ3) is 6.00. The molecule has 88 valence electrons. The number of nitrogens with zero attached hydrogens (tertiary/aromatic N) is 2. The Balaban J connectivity index is 0.000000251. The van der Waals surface area contributed by atoms with Gasteiger partial charge in [0.05, 0.1) is 5.59 Å². The highest BCUT2D eigenvalue weighted by atomic mass is 16.4. The van der Waals surface area contributed by atoms with Gasteiger partial charge in [0.15, 0.2) is 0 Å². The largest absolute Gasteiger partial charge is 0.507 e. The molecule has 0 aliphatic rings. The highest BCUT2D eigenvalue weighted by Gasteiger charge is 2.10. The Morgan fingerprint density at radius 2 is 1.62 bits per heavy atom. The summed E-state index contributed by atoms with van der Waals surface area (Å²) in [6, 6.07) is 3.41. The predicted octanol–water partition coefficient (Wildman–Crippen LogP) is -0.166. The van der Waals surface area contributed by atoms with Crippen LogP contribution < -0.4 is 5.59 Å². The Hall–Kier alpha value is -1.60. The summed E-state index contributed by atoms with van der Waals surface area (Å²) < 4.78 is 0. The van der Waals surface area contributed by atoms with Crippen LogP contribution in [0.5, 0.6) is 0 Å². The Kier molecular flexibility index (Phi) is 7.83. The third-order valence-electron chi connectivity index (χ3n) is 1.44. The summed E-state index contributed by atoms with van der Waals surface area (Å²) >= 11 is 0. The van der Waals surface area contributed by atoms with Gasteiger partial charge in [0.2, 0.25) is 0 Å². The van der Waals surface area contributed by atoms with Gasteiger partial charge in [0.25, 0.3) is 0 Å². The van der Waals surface area contributed by atoms with Gasteiger partial charge in [-0.05, 0) is 19.1 Å². The zero-order valence-electron chi connectivity index (χ0n) is 9.68. The lowest BCUT2D eigenvalue weighted by Crippen LogP contribution is -2.30. The van der Waals surface area contributed by atoms with E-state index in [4.69, 9.17) is 10.0 Å². The quantitative estimate of drug-likeness (QED) is 0.505. The van der Waals surface area contributed by atoms with Gasteiger partial charge in [0.1, 0.15) is 0 Å². The molecule has 0 aromatic carbocycles. The number of hydrogen-bond donors (Lipinski definition) is 4. The summed E-state index contributed by atoms with van der Waals surface area (Å²) in [4.78, 5) is 0. The minimum atomic E-state index is -1.43. The molecule has 0 bridgehead atoms. The summed E-state index contributed by atoms with van der Waals surface area (Å²) in [5, 5.41) is 29.1. The molecule has 2 aromatic heterocycles. The second-order valence-electron chi connectivity index (χ2n) is 2.63. The molecule has 0 aliphatic heterocycles. The molecule has 2 heterocycles. The average Bonchev–Trinajstić information content (AvgIpc) is 2.93. The van der Waals surface area contributed by atoms with Crippen molar-refractivity contribution >= 4 is 12.7 Å². The Bertz CT molecular complexity index is 334. The minimum Gasteiger partial charge on any atom is -0.422 e. The van der Waals surface area contributed by atoms with Crippen molar-refractivity contribution in [3.05, 3.63) is 30.2 Å². The fourth-order valence-corrected chi connectivity index (χ4v) is 0.736. The van der Waals surface area contributed by atoms with Gasteiger partial charge >= 0.3 is 7.12 Å². The summed E-state index contributed by atoms with van der Waals surface area (Å²) in [5.74, 6) is 0. The highest BCUT2D eigenvalue weighted by molar-refractivity contribution is 6.57. The van der Waals surface area contributed by atoms with E-state index in [9.17, 15) is 0 Å². The van der Waals surface area contributed by atoms with E-state index >= 15 is 0 Å². The highest BCUT2D eigenvalue weighted by Crippen LogP contribution is 1.82. The van der Waals surface area contributed by atoms with Crippen LogP contribution >= 0.6 is 0 Å². The molecule has 0 saturated heterocycles. The molecule has 4 N–H and O–H groups in total.